The molecule has 0 heterocycles. The molecule has 0 spiro atoms. The van der Waals surface area contributed by atoms with Crippen LogP contribution >= 0.6 is 0 Å². The van der Waals surface area contributed by atoms with E-state index in [4.69, 9.17) is 0 Å². The van der Waals surface area contributed by atoms with Crippen LogP contribution in [0.15, 0.2) is 60.7 Å². The Morgan fingerprint density at radius 1 is 1.00 bits per heavy atom. The van der Waals surface area contributed by atoms with E-state index in [0.29, 0.717) is 12.1 Å². The second-order valence-electron chi connectivity index (χ2n) is 5.93. The van der Waals surface area contributed by atoms with Crippen molar-refractivity contribution in [3.63, 3.8) is 0 Å². The molecule has 0 aliphatic carbocycles. The second kappa shape index (κ2) is 9.28. The summed E-state index contributed by atoms with van der Waals surface area (Å²) in [6.07, 6.45) is -0.0385. The summed E-state index contributed by atoms with van der Waals surface area (Å²) in [5, 5.41) is 9.27. The molecule has 0 aliphatic heterocycles. The lowest BCUT2D eigenvalue weighted by Gasteiger charge is -2.21. The molecule has 1 unspecified atom stereocenters. The van der Waals surface area contributed by atoms with Gasteiger partial charge in [-0.05, 0) is 5.56 Å². The number of nitrogens with zero attached hydrogens (tertiary/aromatic N) is 2. The number of hydrogen-bond donors (Lipinski definition) is 0. The minimum atomic E-state index is -1.34. The van der Waals surface area contributed by atoms with Gasteiger partial charge in [-0.2, -0.15) is 5.26 Å². The maximum Gasteiger partial charge on any atom is 0.219 e. The lowest BCUT2D eigenvalue weighted by atomic mass is 9.93. The molecule has 0 radical (unpaired) electrons. The first kappa shape index (κ1) is 19.1. The van der Waals surface area contributed by atoms with Gasteiger partial charge in [-0.15, -0.1) is 0 Å². The maximum atomic E-state index is 12.4. The van der Waals surface area contributed by atoms with Crippen molar-refractivity contribution >= 4 is 17.5 Å². The summed E-state index contributed by atoms with van der Waals surface area (Å²) >= 11 is 0. The Labute approximate surface area is 152 Å². The van der Waals surface area contributed by atoms with Gasteiger partial charge in [-0.1, -0.05) is 60.7 Å². The highest BCUT2D eigenvalue weighted by Crippen LogP contribution is 2.13. The van der Waals surface area contributed by atoms with Crippen LogP contribution in [0.4, 0.5) is 0 Å². The average Bonchev–Trinajstić information content (AvgIpc) is 2.66. The van der Waals surface area contributed by atoms with Crippen LogP contribution in [0, 0.1) is 17.2 Å². The Balaban J connectivity index is 2.01. The van der Waals surface area contributed by atoms with E-state index in [1.54, 1.807) is 36.4 Å². The molecule has 5 nitrogen and oxygen atoms in total. The van der Waals surface area contributed by atoms with E-state index in [0.717, 1.165) is 5.56 Å². The summed E-state index contributed by atoms with van der Waals surface area (Å²) in [7, 11) is 0. The fourth-order valence-corrected chi connectivity index (χ4v) is 2.59. The van der Waals surface area contributed by atoms with Crippen molar-refractivity contribution in [3.8, 4) is 6.07 Å². The number of carbonyl (C=O) groups excluding carboxylic acids is 3. The Hall–Kier alpha value is -3.26. The van der Waals surface area contributed by atoms with Gasteiger partial charge in [0.05, 0.1) is 6.07 Å². The third-order valence-corrected chi connectivity index (χ3v) is 4.06. The van der Waals surface area contributed by atoms with Crippen LogP contribution in [-0.2, 0) is 16.1 Å². The normalized spacial score (nSPS) is 11.2. The van der Waals surface area contributed by atoms with Crippen molar-refractivity contribution in [3.05, 3.63) is 71.8 Å². The summed E-state index contributed by atoms with van der Waals surface area (Å²) in [5.41, 5.74) is 1.28. The number of Topliss-reactive ketones (excluding diaryl/α,β-unsaturated/α-hetero) is 2. The van der Waals surface area contributed by atoms with Crippen molar-refractivity contribution in [1.82, 2.24) is 4.90 Å². The van der Waals surface area contributed by atoms with Crippen LogP contribution in [0.5, 0.6) is 0 Å². The minimum absolute atomic E-state index is 0.0385. The topological polar surface area (TPSA) is 78.2 Å². The Bertz CT molecular complexity index is 810. The zero-order chi connectivity index (χ0) is 18.9. The number of benzene rings is 2. The van der Waals surface area contributed by atoms with Crippen molar-refractivity contribution < 1.29 is 14.4 Å². The molecule has 1 atom stereocenters. The molecule has 0 N–H and O–H groups in total. The summed E-state index contributed by atoms with van der Waals surface area (Å²) < 4.78 is 0. The third-order valence-electron chi connectivity index (χ3n) is 4.06. The molecule has 5 heteroatoms. The molecule has 132 valence electrons. The largest absolute Gasteiger partial charge is 0.338 e. The van der Waals surface area contributed by atoms with Crippen LogP contribution in [0.2, 0.25) is 0 Å². The molecule has 2 aromatic carbocycles. The number of ketones is 2. The maximum absolute atomic E-state index is 12.4. The molecule has 2 aromatic rings. The predicted molar refractivity (Wildman–Crippen MR) is 97.0 cm³/mol. The summed E-state index contributed by atoms with van der Waals surface area (Å²) in [4.78, 5) is 38.1. The van der Waals surface area contributed by atoms with Crippen LogP contribution in [0.3, 0.4) is 0 Å². The molecule has 0 bridgehead atoms. The average molecular weight is 348 g/mol. The number of nitriles is 1. The van der Waals surface area contributed by atoms with Crippen molar-refractivity contribution in [2.75, 3.05) is 6.54 Å². The van der Waals surface area contributed by atoms with E-state index in [1.165, 1.54) is 11.8 Å². The van der Waals surface area contributed by atoms with Gasteiger partial charge in [0.15, 0.2) is 17.5 Å². The molecular formula is C21H20N2O3. The monoisotopic (exact) mass is 348 g/mol. The first-order chi connectivity index (χ1) is 12.5. The van der Waals surface area contributed by atoms with E-state index in [-0.39, 0.29) is 18.9 Å². The van der Waals surface area contributed by atoms with Gasteiger partial charge in [0, 0.05) is 32.0 Å². The second-order valence-corrected chi connectivity index (χ2v) is 5.93. The van der Waals surface area contributed by atoms with E-state index < -0.39 is 17.5 Å². The molecule has 2 rings (SSSR count). The Morgan fingerprint density at radius 2 is 1.58 bits per heavy atom. The van der Waals surface area contributed by atoms with Gasteiger partial charge in [-0.3, -0.25) is 14.4 Å². The van der Waals surface area contributed by atoms with Gasteiger partial charge < -0.3 is 4.90 Å². The first-order valence-corrected chi connectivity index (χ1v) is 8.34. The summed E-state index contributed by atoms with van der Waals surface area (Å²) in [6, 6.07) is 19.5. The molecule has 0 aliphatic rings. The quantitative estimate of drug-likeness (QED) is 0.543. The minimum Gasteiger partial charge on any atom is -0.338 e. The summed E-state index contributed by atoms with van der Waals surface area (Å²) in [5.74, 6) is -2.48. The fourth-order valence-electron chi connectivity index (χ4n) is 2.59. The molecule has 0 saturated heterocycles. The molecular weight excluding hydrogens is 328 g/mol. The fraction of sp³-hybridized carbons (Fsp3) is 0.238. The smallest absolute Gasteiger partial charge is 0.219 e. The SMILES string of the molecule is CC(=O)N(CCC(=O)C(C#N)C(=O)c1ccccc1)Cc1ccccc1. The number of carbonyl (C=O) groups is 3. The lowest BCUT2D eigenvalue weighted by Crippen LogP contribution is -2.32. The molecule has 26 heavy (non-hydrogen) atoms. The molecule has 0 fully saturated rings. The highest BCUT2D eigenvalue weighted by Gasteiger charge is 2.27. The van der Waals surface area contributed by atoms with E-state index in [2.05, 4.69) is 0 Å². The highest BCUT2D eigenvalue weighted by molar-refractivity contribution is 6.12. The van der Waals surface area contributed by atoms with Crippen molar-refractivity contribution in [2.45, 2.75) is 19.9 Å². The molecule has 0 aromatic heterocycles. The number of amides is 1. The Morgan fingerprint density at radius 3 is 2.12 bits per heavy atom. The Kier molecular flexibility index (Phi) is 6.81. The van der Waals surface area contributed by atoms with Crippen LogP contribution < -0.4 is 0 Å². The van der Waals surface area contributed by atoms with Crippen LogP contribution in [-0.4, -0.2) is 28.9 Å². The van der Waals surface area contributed by atoms with Gasteiger partial charge in [0.25, 0.3) is 0 Å². The van der Waals surface area contributed by atoms with Crippen molar-refractivity contribution in [2.24, 2.45) is 5.92 Å². The van der Waals surface area contributed by atoms with Gasteiger partial charge in [-0.25, -0.2) is 0 Å². The third kappa shape index (κ3) is 5.12. The van der Waals surface area contributed by atoms with E-state index in [1.807, 2.05) is 30.3 Å². The van der Waals surface area contributed by atoms with Gasteiger partial charge >= 0.3 is 0 Å². The first-order valence-electron chi connectivity index (χ1n) is 8.34. The van der Waals surface area contributed by atoms with Crippen LogP contribution in [0.25, 0.3) is 0 Å². The van der Waals surface area contributed by atoms with E-state index >= 15 is 0 Å². The highest BCUT2D eigenvalue weighted by atomic mass is 16.2. The number of rotatable bonds is 8. The summed E-state index contributed by atoms with van der Waals surface area (Å²) in [6.45, 7) is 1.99. The lowest BCUT2D eigenvalue weighted by molar-refractivity contribution is -0.130. The van der Waals surface area contributed by atoms with Gasteiger partial charge in [0.2, 0.25) is 5.91 Å². The van der Waals surface area contributed by atoms with Gasteiger partial charge in [0.1, 0.15) is 0 Å². The standard InChI is InChI=1S/C21H20N2O3/c1-16(24)23(15-17-8-4-2-5-9-17)13-12-20(25)19(14-22)21(26)18-10-6-3-7-11-18/h2-11,19H,12-13,15H2,1H3. The molecule has 0 saturated carbocycles. The zero-order valence-corrected chi connectivity index (χ0v) is 14.6. The van der Waals surface area contributed by atoms with Crippen LogP contribution in [0.1, 0.15) is 29.3 Å². The predicted octanol–water partition coefficient (Wildman–Crippen LogP) is 3.02. The number of hydrogen-bond acceptors (Lipinski definition) is 4. The van der Waals surface area contributed by atoms with Crippen molar-refractivity contribution in [1.29, 1.82) is 5.26 Å². The zero-order valence-electron chi connectivity index (χ0n) is 14.6. The molecule has 1 amide bonds. The van der Waals surface area contributed by atoms with E-state index in [9.17, 15) is 19.6 Å².